The summed E-state index contributed by atoms with van der Waals surface area (Å²) in [6, 6.07) is 14.8. The maximum absolute atomic E-state index is 5.86. The molecule has 2 heteroatoms. The summed E-state index contributed by atoms with van der Waals surface area (Å²) < 4.78 is 5.86. The SMILES string of the molecule is CC(N)CCCCOc1cccc2ccccc12. The van der Waals surface area contributed by atoms with Gasteiger partial charge < -0.3 is 10.5 Å². The molecule has 2 aromatic rings. The summed E-state index contributed by atoms with van der Waals surface area (Å²) in [6.45, 7) is 2.81. The molecule has 0 saturated heterocycles. The second kappa shape index (κ2) is 6.41. The quantitative estimate of drug-likeness (QED) is 0.784. The second-order valence-electron chi connectivity index (χ2n) is 4.80. The topological polar surface area (TPSA) is 35.2 Å². The first-order valence-corrected chi connectivity index (χ1v) is 6.63. The van der Waals surface area contributed by atoms with E-state index in [0.29, 0.717) is 6.04 Å². The van der Waals surface area contributed by atoms with Crippen LogP contribution in [0.15, 0.2) is 42.5 Å². The first kappa shape index (κ1) is 12.9. The zero-order chi connectivity index (χ0) is 12.8. The Bertz CT molecular complexity index is 488. The summed E-state index contributed by atoms with van der Waals surface area (Å²) in [4.78, 5) is 0. The Kier molecular flexibility index (Phi) is 4.59. The molecule has 18 heavy (non-hydrogen) atoms. The minimum Gasteiger partial charge on any atom is -0.493 e. The van der Waals surface area contributed by atoms with Crippen molar-refractivity contribution in [3.05, 3.63) is 42.5 Å². The van der Waals surface area contributed by atoms with Crippen molar-refractivity contribution in [2.24, 2.45) is 5.73 Å². The Hall–Kier alpha value is -1.54. The van der Waals surface area contributed by atoms with Crippen molar-refractivity contribution < 1.29 is 4.74 Å². The maximum atomic E-state index is 5.86. The molecule has 0 radical (unpaired) electrons. The number of hydrogen-bond acceptors (Lipinski definition) is 2. The van der Waals surface area contributed by atoms with Crippen LogP contribution in [0.3, 0.4) is 0 Å². The molecule has 0 heterocycles. The van der Waals surface area contributed by atoms with Crippen LogP contribution in [0.2, 0.25) is 0 Å². The predicted octanol–water partition coefficient (Wildman–Crippen LogP) is 3.74. The third-order valence-corrected chi connectivity index (χ3v) is 3.06. The maximum Gasteiger partial charge on any atom is 0.127 e. The molecule has 0 amide bonds. The number of hydrogen-bond donors (Lipinski definition) is 1. The van der Waals surface area contributed by atoms with Crippen LogP contribution in [0.1, 0.15) is 26.2 Å². The van der Waals surface area contributed by atoms with Crippen molar-refractivity contribution in [3.63, 3.8) is 0 Å². The molecule has 0 aromatic heterocycles. The smallest absolute Gasteiger partial charge is 0.127 e. The van der Waals surface area contributed by atoms with E-state index in [1.54, 1.807) is 0 Å². The van der Waals surface area contributed by atoms with Crippen molar-refractivity contribution in [3.8, 4) is 5.75 Å². The molecule has 0 saturated carbocycles. The van der Waals surface area contributed by atoms with Gasteiger partial charge in [0.15, 0.2) is 0 Å². The van der Waals surface area contributed by atoms with Crippen LogP contribution >= 0.6 is 0 Å². The average Bonchev–Trinajstić information content (AvgIpc) is 2.38. The summed E-state index contributed by atoms with van der Waals surface area (Å²) in [5, 5.41) is 2.41. The van der Waals surface area contributed by atoms with E-state index in [1.165, 1.54) is 10.8 Å². The lowest BCUT2D eigenvalue weighted by molar-refractivity contribution is 0.307. The predicted molar refractivity (Wildman–Crippen MR) is 76.9 cm³/mol. The fourth-order valence-corrected chi connectivity index (χ4v) is 2.07. The Morgan fingerprint density at radius 1 is 1.06 bits per heavy atom. The monoisotopic (exact) mass is 243 g/mol. The van der Waals surface area contributed by atoms with Crippen molar-refractivity contribution in [2.75, 3.05) is 6.61 Å². The highest BCUT2D eigenvalue weighted by molar-refractivity contribution is 5.88. The first-order valence-electron chi connectivity index (χ1n) is 6.63. The molecule has 1 atom stereocenters. The summed E-state index contributed by atoms with van der Waals surface area (Å²) in [7, 11) is 0. The van der Waals surface area contributed by atoms with Crippen LogP contribution in [-0.4, -0.2) is 12.6 Å². The van der Waals surface area contributed by atoms with E-state index in [2.05, 4.69) is 24.3 Å². The fourth-order valence-electron chi connectivity index (χ4n) is 2.07. The van der Waals surface area contributed by atoms with Crippen LogP contribution in [-0.2, 0) is 0 Å². The molecule has 2 nitrogen and oxygen atoms in total. The van der Waals surface area contributed by atoms with E-state index >= 15 is 0 Å². The Balaban J connectivity index is 1.91. The molecule has 96 valence electrons. The van der Waals surface area contributed by atoms with E-state index in [9.17, 15) is 0 Å². The lowest BCUT2D eigenvalue weighted by Crippen LogP contribution is -2.14. The van der Waals surface area contributed by atoms with Crippen molar-refractivity contribution in [2.45, 2.75) is 32.2 Å². The largest absolute Gasteiger partial charge is 0.493 e. The number of benzene rings is 2. The molecule has 0 fully saturated rings. The Morgan fingerprint density at radius 3 is 2.67 bits per heavy atom. The van der Waals surface area contributed by atoms with Crippen LogP contribution in [0.5, 0.6) is 5.75 Å². The third kappa shape index (κ3) is 3.47. The zero-order valence-corrected chi connectivity index (χ0v) is 10.9. The van der Waals surface area contributed by atoms with Crippen LogP contribution in [0, 0.1) is 0 Å². The van der Waals surface area contributed by atoms with Gasteiger partial charge in [-0.05, 0) is 37.6 Å². The van der Waals surface area contributed by atoms with E-state index in [1.807, 2.05) is 25.1 Å². The zero-order valence-electron chi connectivity index (χ0n) is 10.9. The van der Waals surface area contributed by atoms with Crippen LogP contribution in [0.4, 0.5) is 0 Å². The Labute approximate surface area is 109 Å². The highest BCUT2D eigenvalue weighted by Crippen LogP contribution is 2.25. The third-order valence-electron chi connectivity index (χ3n) is 3.06. The van der Waals surface area contributed by atoms with E-state index < -0.39 is 0 Å². The van der Waals surface area contributed by atoms with Gasteiger partial charge in [0.05, 0.1) is 6.61 Å². The summed E-state index contributed by atoms with van der Waals surface area (Å²) in [6.07, 6.45) is 3.26. The van der Waals surface area contributed by atoms with Gasteiger partial charge in [0.2, 0.25) is 0 Å². The van der Waals surface area contributed by atoms with E-state index in [0.717, 1.165) is 31.6 Å². The van der Waals surface area contributed by atoms with Gasteiger partial charge in [-0.25, -0.2) is 0 Å². The Morgan fingerprint density at radius 2 is 1.83 bits per heavy atom. The molecule has 0 spiro atoms. The highest BCUT2D eigenvalue weighted by atomic mass is 16.5. The van der Waals surface area contributed by atoms with Gasteiger partial charge in [0.1, 0.15) is 5.75 Å². The summed E-state index contributed by atoms with van der Waals surface area (Å²) in [5.74, 6) is 0.980. The van der Waals surface area contributed by atoms with Gasteiger partial charge in [0.25, 0.3) is 0 Å². The molecule has 0 aliphatic heterocycles. The minimum atomic E-state index is 0.294. The van der Waals surface area contributed by atoms with Crippen molar-refractivity contribution in [1.29, 1.82) is 0 Å². The van der Waals surface area contributed by atoms with Gasteiger partial charge >= 0.3 is 0 Å². The first-order chi connectivity index (χ1) is 8.77. The number of nitrogens with two attached hydrogens (primary N) is 1. The normalized spacial score (nSPS) is 12.6. The van der Waals surface area contributed by atoms with Crippen molar-refractivity contribution in [1.82, 2.24) is 0 Å². The van der Waals surface area contributed by atoms with Gasteiger partial charge in [-0.15, -0.1) is 0 Å². The second-order valence-corrected chi connectivity index (χ2v) is 4.80. The average molecular weight is 243 g/mol. The van der Waals surface area contributed by atoms with Gasteiger partial charge in [-0.2, -0.15) is 0 Å². The molecule has 0 aliphatic carbocycles. The fraction of sp³-hybridized carbons (Fsp3) is 0.375. The molecule has 2 N–H and O–H groups in total. The summed E-state index contributed by atoms with van der Waals surface area (Å²) in [5.41, 5.74) is 5.72. The molecule has 0 aliphatic rings. The molecule has 2 rings (SSSR count). The van der Waals surface area contributed by atoms with E-state index in [-0.39, 0.29) is 0 Å². The van der Waals surface area contributed by atoms with E-state index in [4.69, 9.17) is 10.5 Å². The number of rotatable bonds is 6. The van der Waals surface area contributed by atoms with Gasteiger partial charge in [0, 0.05) is 11.4 Å². The highest BCUT2D eigenvalue weighted by Gasteiger charge is 2.01. The molecular weight excluding hydrogens is 222 g/mol. The number of fused-ring (bicyclic) bond motifs is 1. The number of unbranched alkanes of at least 4 members (excludes halogenated alkanes) is 1. The lowest BCUT2D eigenvalue weighted by Gasteiger charge is -2.09. The molecule has 2 aromatic carbocycles. The number of ether oxygens (including phenoxy) is 1. The minimum absolute atomic E-state index is 0.294. The summed E-state index contributed by atoms with van der Waals surface area (Å²) >= 11 is 0. The van der Waals surface area contributed by atoms with Crippen LogP contribution in [0.25, 0.3) is 10.8 Å². The lowest BCUT2D eigenvalue weighted by atomic mass is 10.1. The van der Waals surface area contributed by atoms with Crippen molar-refractivity contribution >= 4 is 10.8 Å². The van der Waals surface area contributed by atoms with Crippen LogP contribution < -0.4 is 10.5 Å². The molecule has 1 unspecified atom stereocenters. The molecule has 0 bridgehead atoms. The van der Waals surface area contributed by atoms with Gasteiger partial charge in [-0.1, -0.05) is 36.4 Å². The molecular formula is C16H21NO. The standard InChI is InChI=1S/C16H21NO/c1-13(17)7-4-5-12-18-16-11-6-9-14-8-2-3-10-15(14)16/h2-3,6,8-11,13H,4-5,7,12,17H2,1H3. The van der Waals surface area contributed by atoms with Gasteiger partial charge in [-0.3, -0.25) is 0 Å².